The van der Waals surface area contributed by atoms with Gasteiger partial charge in [-0.15, -0.1) is 0 Å². The van der Waals surface area contributed by atoms with Gasteiger partial charge in [0.15, 0.2) is 0 Å². The van der Waals surface area contributed by atoms with Gasteiger partial charge in [-0.25, -0.2) is 0 Å². The first-order chi connectivity index (χ1) is 8.67. The fraction of sp³-hybridized carbons (Fsp3) is 0.429. The summed E-state index contributed by atoms with van der Waals surface area (Å²) in [5, 5.41) is 8.84. The minimum Gasteiger partial charge on any atom is -0.487 e. The van der Waals surface area contributed by atoms with Gasteiger partial charge in [0.05, 0.1) is 25.2 Å². The molecule has 0 aromatic heterocycles. The highest BCUT2D eigenvalue weighted by molar-refractivity contribution is 5.70. The Morgan fingerprint density at radius 3 is 2.83 bits per heavy atom. The van der Waals surface area contributed by atoms with Crippen LogP contribution in [-0.4, -0.2) is 18.7 Å². The van der Waals surface area contributed by atoms with E-state index in [1.807, 2.05) is 0 Å². The van der Waals surface area contributed by atoms with Crippen molar-refractivity contribution in [3.05, 3.63) is 29.8 Å². The quantitative estimate of drug-likeness (QED) is 0.764. The third kappa shape index (κ3) is 2.62. The highest BCUT2D eigenvalue weighted by Crippen LogP contribution is 2.39. The molecule has 0 radical (unpaired) electrons. The van der Waals surface area contributed by atoms with Crippen LogP contribution in [0.3, 0.4) is 0 Å². The van der Waals surface area contributed by atoms with Gasteiger partial charge in [-0.3, -0.25) is 4.79 Å². The van der Waals surface area contributed by atoms with E-state index in [2.05, 4.69) is 6.07 Å². The molecule has 0 heterocycles. The predicted molar refractivity (Wildman–Crippen MR) is 65.0 cm³/mol. The van der Waals surface area contributed by atoms with Crippen LogP contribution in [0.25, 0.3) is 0 Å². The van der Waals surface area contributed by atoms with Gasteiger partial charge in [-0.05, 0) is 37.5 Å². The van der Waals surface area contributed by atoms with Crippen LogP contribution in [0.4, 0.5) is 0 Å². The van der Waals surface area contributed by atoms with Crippen molar-refractivity contribution in [1.82, 2.24) is 0 Å². The minimum absolute atomic E-state index is 0.258. The molecular formula is C14H15NO3. The fourth-order valence-corrected chi connectivity index (χ4v) is 2.10. The molecule has 1 aromatic carbocycles. The van der Waals surface area contributed by atoms with Gasteiger partial charge < -0.3 is 9.47 Å². The molecule has 0 saturated heterocycles. The van der Waals surface area contributed by atoms with Crippen LogP contribution in [0.15, 0.2) is 24.3 Å². The third-order valence-corrected chi connectivity index (χ3v) is 3.26. The molecule has 4 heteroatoms. The SMILES string of the molecule is COC(=O)CC1(Oc2cccc(C#N)c2)CCC1. The van der Waals surface area contributed by atoms with Crippen molar-refractivity contribution >= 4 is 5.97 Å². The standard InChI is InChI=1S/C14H15NO3/c1-17-13(16)9-14(6-3-7-14)18-12-5-2-4-11(8-12)10-15/h2,4-5,8H,3,6-7,9H2,1H3. The maximum atomic E-state index is 11.4. The number of hydrogen-bond donors (Lipinski definition) is 0. The summed E-state index contributed by atoms with van der Waals surface area (Å²) in [7, 11) is 1.38. The van der Waals surface area contributed by atoms with Crippen molar-refractivity contribution in [3.63, 3.8) is 0 Å². The fourth-order valence-electron chi connectivity index (χ4n) is 2.10. The molecule has 0 atom stereocenters. The van der Waals surface area contributed by atoms with Crippen molar-refractivity contribution < 1.29 is 14.3 Å². The summed E-state index contributed by atoms with van der Waals surface area (Å²) in [6.07, 6.45) is 3.01. The van der Waals surface area contributed by atoms with E-state index in [4.69, 9.17) is 14.7 Å². The Labute approximate surface area is 106 Å². The Morgan fingerprint density at radius 2 is 2.28 bits per heavy atom. The van der Waals surface area contributed by atoms with Gasteiger partial charge in [0.2, 0.25) is 0 Å². The molecule has 0 aliphatic heterocycles. The van der Waals surface area contributed by atoms with E-state index in [-0.39, 0.29) is 12.4 Å². The molecule has 1 saturated carbocycles. The van der Waals surface area contributed by atoms with Gasteiger partial charge in [-0.2, -0.15) is 5.26 Å². The van der Waals surface area contributed by atoms with E-state index >= 15 is 0 Å². The molecule has 18 heavy (non-hydrogen) atoms. The Morgan fingerprint density at radius 1 is 1.50 bits per heavy atom. The number of rotatable bonds is 4. The van der Waals surface area contributed by atoms with E-state index in [1.54, 1.807) is 24.3 Å². The molecule has 0 N–H and O–H groups in total. The molecule has 1 fully saturated rings. The number of carbonyl (C=O) groups is 1. The molecule has 2 rings (SSSR count). The van der Waals surface area contributed by atoms with Crippen molar-refractivity contribution in [2.75, 3.05) is 7.11 Å². The molecule has 0 amide bonds. The number of hydrogen-bond acceptors (Lipinski definition) is 4. The number of esters is 1. The molecule has 1 aliphatic carbocycles. The molecule has 94 valence electrons. The van der Waals surface area contributed by atoms with Gasteiger partial charge in [0, 0.05) is 0 Å². The molecule has 0 unspecified atom stereocenters. The van der Waals surface area contributed by atoms with E-state index < -0.39 is 5.60 Å². The Balaban J connectivity index is 2.10. The van der Waals surface area contributed by atoms with E-state index in [0.717, 1.165) is 19.3 Å². The second kappa shape index (κ2) is 5.09. The first-order valence-electron chi connectivity index (χ1n) is 5.93. The Hall–Kier alpha value is -2.02. The summed E-state index contributed by atoms with van der Waals surface area (Å²) in [5.74, 6) is 0.379. The largest absolute Gasteiger partial charge is 0.487 e. The van der Waals surface area contributed by atoms with Gasteiger partial charge >= 0.3 is 5.97 Å². The highest BCUT2D eigenvalue weighted by atomic mass is 16.5. The molecule has 0 bridgehead atoms. The highest BCUT2D eigenvalue weighted by Gasteiger charge is 2.41. The molecule has 1 aromatic rings. The number of benzene rings is 1. The molecule has 4 nitrogen and oxygen atoms in total. The van der Waals surface area contributed by atoms with Crippen molar-refractivity contribution in [3.8, 4) is 11.8 Å². The first kappa shape index (κ1) is 12.4. The van der Waals surface area contributed by atoms with Crippen LogP contribution in [0, 0.1) is 11.3 Å². The maximum Gasteiger partial charge on any atom is 0.309 e. The predicted octanol–water partition coefficient (Wildman–Crippen LogP) is 2.42. The monoisotopic (exact) mass is 245 g/mol. The molecule has 0 spiro atoms. The minimum atomic E-state index is -0.443. The van der Waals surface area contributed by atoms with E-state index in [0.29, 0.717) is 11.3 Å². The zero-order valence-electron chi connectivity index (χ0n) is 10.3. The van der Waals surface area contributed by atoms with Crippen LogP contribution in [0.2, 0.25) is 0 Å². The second-order valence-electron chi connectivity index (χ2n) is 4.53. The normalized spacial score (nSPS) is 16.2. The average Bonchev–Trinajstić information content (AvgIpc) is 2.36. The van der Waals surface area contributed by atoms with Crippen LogP contribution in [0.5, 0.6) is 5.75 Å². The lowest BCUT2D eigenvalue weighted by Crippen LogP contribution is -2.45. The lowest BCUT2D eigenvalue weighted by atomic mass is 9.77. The zero-order chi connectivity index (χ0) is 13.0. The second-order valence-corrected chi connectivity index (χ2v) is 4.53. The zero-order valence-corrected chi connectivity index (χ0v) is 10.3. The topological polar surface area (TPSA) is 59.3 Å². The summed E-state index contributed by atoms with van der Waals surface area (Å²) in [6, 6.07) is 9.06. The van der Waals surface area contributed by atoms with Crippen LogP contribution < -0.4 is 4.74 Å². The molecular weight excluding hydrogens is 230 g/mol. The summed E-state index contributed by atoms with van der Waals surface area (Å²) in [4.78, 5) is 11.4. The van der Waals surface area contributed by atoms with Gasteiger partial charge in [0.1, 0.15) is 11.4 Å². The van der Waals surface area contributed by atoms with Crippen LogP contribution >= 0.6 is 0 Å². The summed E-state index contributed by atoms with van der Waals surface area (Å²) in [5.41, 5.74) is 0.112. The third-order valence-electron chi connectivity index (χ3n) is 3.26. The summed E-state index contributed by atoms with van der Waals surface area (Å²) in [6.45, 7) is 0. The number of methoxy groups -OCH3 is 1. The lowest BCUT2D eigenvalue weighted by Gasteiger charge is -2.41. The Bertz CT molecular complexity index is 486. The number of carbonyl (C=O) groups excluding carboxylic acids is 1. The molecule has 1 aliphatic rings. The smallest absolute Gasteiger partial charge is 0.309 e. The lowest BCUT2D eigenvalue weighted by molar-refractivity contribution is -0.148. The number of nitrogens with zero attached hydrogens (tertiary/aromatic N) is 1. The van der Waals surface area contributed by atoms with Crippen molar-refractivity contribution in [1.29, 1.82) is 5.26 Å². The number of nitriles is 1. The van der Waals surface area contributed by atoms with Gasteiger partial charge in [-0.1, -0.05) is 6.07 Å². The van der Waals surface area contributed by atoms with E-state index in [1.165, 1.54) is 7.11 Å². The first-order valence-corrected chi connectivity index (χ1v) is 5.93. The Kier molecular flexibility index (Phi) is 3.52. The van der Waals surface area contributed by atoms with E-state index in [9.17, 15) is 4.79 Å². The van der Waals surface area contributed by atoms with Crippen LogP contribution in [-0.2, 0) is 9.53 Å². The summed E-state index contributed by atoms with van der Waals surface area (Å²) >= 11 is 0. The number of ether oxygens (including phenoxy) is 2. The van der Waals surface area contributed by atoms with Crippen molar-refractivity contribution in [2.24, 2.45) is 0 Å². The van der Waals surface area contributed by atoms with Crippen molar-refractivity contribution in [2.45, 2.75) is 31.3 Å². The van der Waals surface area contributed by atoms with Gasteiger partial charge in [0.25, 0.3) is 0 Å². The maximum absolute atomic E-state index is 11.4. The summed E-state index contributed by atoms with van der Waals surface area (Å²) < 4.78 is 10.6. The van der Waals surface area contributed by atoms with Crippen LogP contribution in [0.1, 0.15) is 31.2 Å². The average molecular weight is 245 g/mol.